The molecule has 0 aliphatic carbocycles. The lowest BCUT2D eigenvalue weighted by atomic mass is 10.2. The van der Waals surface area contributed by atoms with Crippen LogP contribution < -0.4 is 14.8 Å². The highest BCUT2D eigenvalue weighted by Gasteiger charge is 2.13. The largest absolute Gasteiger partial charge is 0.492 e. The predicted octanol–water partition coefficient (Wildman–Crippen LogP) is 3.07. The summed E-state index contributed by atoms with van der Waals surface area (Å²) in [6.07, 6.45) is 0. The third kappa shape index (κ3) is 5.31. The van der Waals surface area contributed by atoms with E-state index < -0.39 is 0 Å². The van der Waals surface area contributed by atoms with Crippen LogP contribution in [0.25, 0.3) is 0 Å². The molecule has 7 nitrogen and oxygen atoms in total. The van der Waals surface area contributed by atoms with Gasteiger partial charge < -0.3 is 19.3 Å². The van der Waals surface area contributed by atoms with Crippen molar-refractivity contribution in [2.75, 3.05) is 13.2 Å². The number of hydrogen-bond acceptors (Lipinski definition) is 6. The van der Waals surface area contributed by atoms with Crippen molar-refractivity contribution in [3.05, 3.63) is 71.4 Å². The highest BCUT2D eigenvalue weighted by molar-refractivity contribution is 5.96. The number of ether oxygens (including phenoxy) is 2. The lowest BCUT2D eigenvalue weighted by Gasteiger charge is -2.11. The van der Waals surface area contributed by atoms with Gasteiger partial charge in [0.05, 0.1) is 12.1 Å². The molecule has 1 amide bonds. The number of amides is 1. The zero-order chi connectivity index (χ0) is 19.1. The van der Waals surface area contributed by atoms with Crippen LogP contribution in [0.2, 0.25) is 0 Å². The summed E-state index contributed by atoms with van der Waals surface area (Å²) in [6.45, 7) is 4.59. The second-order valence-electron chi connectivity index (χ2n) is 5.94. The van der Waals surface area contributed by atoms with Crippen molar-refractivity contribution in [2.24, 2.45) is 0 Å². The minimum absolute atomic E-state index is 0.123. The molecule has 1 aromatic heterocycles. The first-order valence-electron chi connectivity index (χ1n) is 8.60. The van der Waals surface area contributed by atoms with Crippen molar-refractivity contribution in [2.45, 2.75) is 20.5 Å². The van der Waals surface area contributed by atoms with Crippen molar-refractivity contribution in [3.63, 3.8) is 0 Å². The maximum atomic E-state index is 12.4. The van der Waals surface area contributed by atoms with E-state index in [4.69, 9.17) is 14.0 Å². The summed E-state index contributed by atoms with van der Waals surface area (Å²) in [4.78, 5) is 16.5. The van der Waals surface area contributed by atoms with Crippen molar-refractivity contribution in [1.29, 1.82) is 0 Å². The minimum atomic E-state index is -0.234. The average Bonchev–Trinajstić information content (AvgIpc) is 3.09. The summed E-state index contributed by atoms with van der Waals surface area (Å²) in [5, 5.41) is 6.61. The fourth-order valence-corrected chi connectivity index (χ4v) is 2.46. The van der Waals surface area contributed by atoms with Gasteiger partial charge in [0.15, 0.2) is 6.61 Å². The number of para-hydroxylation sites is 1. The predicted molar refractivity (Wildman–Crippen MR) is 98.8 cm³/mol. The molecule has 3 aromatic rings. The van der Waals surface area contributed by atoms with E-state index in [0.29, 0.717) is 36.2 Å². The Hall–Kier alpha value is -3.35. The van der Waals surface area contributed by atoms with Gasteiger partial charge in [-0.3, -0.25) is 4.79 Å². The summed E-state index contributed by atoms with van der Waals surface area (Å²) >= 11 is 0. The Kier molecular flexibility index (Phi) is 6.04. The number of aryl methyl sites for hydroxylation is 2. The van der Waals surface area contributed by atoms with E-state index in [1.807, 2.05) is 31.2 Å². The normalized spacial score (nSPS) is 10.4. The van der Waals surface area contributed by atoms with Crippen LogP contribution >= 0.6 is 0 Å². The van der Waals surface area contributed by atoms with E-state index in [-0.39, 0.29) is 12.5 Å². The van der Waals surface area contributed by atoms with Crippen LogP contribution in [0, 0.1) is 13.8 Å². The van der Waals surface area contributed by atoms with E-state index in [1.165, 1.54) is 0 Å². The maximum absolute atomic E-state index is 12.4. The van der Waals surface area contributed by atoms with Gasteiger partial charge in [0.25, 0.3) is 5.91 Å². The Morgan fingerprint density at radius 2 is 1.96 bits per heavy atom. The van der Waals surface area contributed by atoms with Gasteiger partial charge in [0, 0.05) is 6.92 Å². The summed E-state index contributed by atoms with van der Waals surface area (Å²) in [5.41, 5.74) is 1.56. The van der Waals surface area contributed by atoms with Crippen LogP contribution in [0.5, 0.6) is 11.5 Å². The van der Waals surface area contributed by atoms with E-state index in [1.54, 1.807) is 31.2 Å². The molecule has 0 unspecified atom stereocenters. The number of rotatable bonds is 8. The molecule has 0 saturated carbocycles. The molecule has 140 valence electrons. The number of nitrogens with zero attached hydrogens (tertiary/aromatic N) is 2. The van der Waals surface area contributed by atoms with Crippen LogP contribution in [0.3, 0.4) is 0 Å². The zero-order valence-electron chi connectivity index (χ0n) is 15.3. The first-order valence-corrected chi connectivity index (χ1v) is 8.60. The van der Waals surface area contributed by atoms with Gasteiger partial charge in [-0.15, -0.1) is 0 Å². The lowest BCUT2D eigenvalue weighted by Crippen LogP contribution is -2.28. The minimum Gasteiger partial charge on any atom is -0.492 e. The molecule has 0 radical (unpaired) electrons. The molecule has 2 aromatic carbocycles. The third-order valence-electron chi connectivity index (χ3n) is 3.70. The molecule has 0 aliphatic rings. The topological polar surface area (TPSA) is 86.5 Å². The highest BCUT2D eigenvalue weighted by Crippen LogP contribution is 2.19. The fourth-order valence-electron chi connectivity index (χ4n) is 2.46. The zero-order valence-corrected chi connectivity index (χ0v) is 15.3. The number of aromatic nitrogens is 2. The molecule has 7 heteroatoms. The van der Waals surface area contributed by atoms with Gasteiger partial charge in [-0.1, -0.05) is 29.4 Å². The van der Waals surface area contributed by atoms with Crippen molar-refractivity contribution in [3.8, 4) is 11.5 Å². The molecule has 27 heavy (non-hydrogen) atoms. The molecule has 0 aliphatic heterocycles. The fraction of sp³-hybridized carbons (Fsp3) is 0.250. The average molecular weight is 367 g/mol. The number of benzene rings is 2. The molecule has 1 N–H and O–H groups in total. The Bertz CT molecular complexity index is 908. The summed E-state index contributed by atoms with van der Waals surface area (Å²) < 4.78 is 16.2. The van der Waals surface area contributed by atoms with Gasteiger partial charge >= 0.3 is 0 Å². The van der Waals surface area contributed by atoms with Crippen molar-refractivity contribution < 1.29 is 18.8 Å². The highest BCUT2D eigenvalue weighted by atomic mass is 16.5. The number of carbonyl (C=O) groups is 1. The number of hydrogen-bond donors (Lipinski definition) is 1. The molecule has 0 atom stereocenters. The summed E-state index contributed by atoms with van der Waals surface area (Å²) in [7, 11) is 0. The Morgan fingerprint density at radius 3 is 2.74 bits per heavy atom. The first-order chi connectivity index (χ1) is 13.1. The van der Waals surface area contributed by atoms with Gasteiger partial charge in [-0.05, 0) is 36.8 Å². The molecule has 0 spiro atoms. The van der Waals surface area contributed by atoms with Crippen LogP contribution in [0.1, 0.15) is 27.6 Å². The van der Waals surface area contributed by atoms with E-state index in [2.05, 4.69) is 15.5 Å². The quantitative estimate of drug-likeness (QED) is 0.616. The molecular weight excluding hydrogens is 346 g/mol. The Balaban J connectivity index is 1.51. The lowest BCUT2D eigenvalue weighted by molar-refractivity contribution is 0.0942. The van der Waals surface area contributed by atoms with E-state index >= 15 is 0 Å². The van der Waals surface area contributed by atoms with Crippen LogP contribution in [-0.4, -0.2) is 29.2 Å². The van der Waals surface area contributed by atoms with Gasteiger partial charge in [-0.2, -0.15) is 4.98 Å². The van der Waals surface area contributed by atoms with Gasteiger partial charge in [0.1, 0.15) is 18.1 Å². The standard InChI is InChI=1S/C20H21N3O4/c1-14-6-5-7-16(12-14)25-11-10-21-20(24)17-8-3-4-9-18(17)26-13-19-22-15(2)27-23-19/h3-9,12H,10-11,13H2,1-2H3,(H,21,24). The molecule has 0 saturated heterocycles. The second-order valence-corrected chi connectivity index (χ2v) is 5.94. The first kappa shape index (κ1) is 18.4. The Labute approximate surface area is 157 Å². The second kappa shape index (κ2) is 8.84. The smallest absolute Gasteiger partial charge is 0.255 e. The third-order valence-corrected chi connectivity index (χ3v) is 3.70. The van der Waals surface area contributed by atoms with Gasteiger partial charge in [0.2, 0.25) is 11.7 Å². The van der Waals surface area contributed by atoms with Crippen LogP contribution in [0.4, 0.5) is 0 Å². The van der Waals surface area contributed by atoms with E-state index in [0.717, 1.165) is 11.3 Å². The summed E-state index contributed by atoms with van der Waals surface area (Å²) in [5.74, 6) is 1.89. The monoisotopic (exact) mass is 367 g/mol. The molecule has 0 fully saturated rings. The molecular formula is C20H21N3O4. The molecule has 1 heterocycles. The van der Waals surface area contributed by atoms with Gasteiger partial charge in [-0.25, -0.2) is 0 Å². The van der Waals surface area contributed by atoms with Crippen LogP contribution in [0.15, 0.2) is 53.1 Å². The SMILES string of the molecule is Cc1cccc(OCCNC(=O)c2ccccc2OCc2noc(C)n2)c1. The maximum Gasteiger partial charge on any atom is 0.255 e. The van der Waals surface area contributed by atoms with E-state index in [9.17, 15) is 4.79 Å². The Morgan fingerprint density at radius 1 is 1.11 bits per heavy atom. The number of nitrogens with one attached hydrogen (secondary N) is 1. The van der Waals surface area contributed by atoms with Crippen molar-refractivity contribution >= 4 is 5.91 Å². The molecule has 0 bridgehead atoms. The number of carbonyl (C=O) groups excluding carboxylic acids is 1. The van der Waals surface area contributed by atoms with Crippen molar-refractivity contribution in [1.82, 2.24) is 15.5 Å². The summed E-state index contributed by atoms with van der Waals surface area (Å²) in [6, 6.07) is 14.8. The molecule has 3 rings (SSSR count). The van der Waals surface area contributed by atoms with Crippen LogP contribution in [-0.2, 0) is 6.61 Å².